The van der Waals surface area contributed by atoms with Crippen LogP contribution in [0.3, 0.4) is 0 Å². The number of hydrogen-bond acceptors (Lipinski definition) is 5. The van der Waals surface area contributed by atoms with Crippen LogP contribution in [0.4, 0.5) is 11.4 Å². The topological polar surface area (TPSA) is 72.4 Å². The lowest BCUT2D eigenvalue weighted by atomic mass is 10.2. The van der Waals surface area contributed by atoms with Crippen LogP contribution in [0.5, 0.6) is 0 Å². The molecule has 0 spiro atoms. The zero-order valence-corrected chi connectivity index (χ0v) is 12.3. The van der Waals surface area contributed by atoms with E-state index in [4.69, 9.17) is 5.73 Å². The van der Waals surface area contributed by atoms with Crippen LogP contribution in [0.1, 0.15) is 19.4 Å². The second-order valence-corrected chi connectivity index (χ2v) is 5.29. The summed E-state index contributed by atoms with van der Waals surface area (Å²) in [5.74, 6) is 1.72. The highest BCUT2D eigenvalue weighted by molar-refractivity contribution is 7.98. The summed E-state index contributed by atoms with van der Waals surface area (Å²) in [6.45, 7) is 7.43. The maximum Gasteiger partial charge on any atom is 0.292 e. The summed E-state index contributed by atoms with van der Waals surface area (Å²) in [6.07, 6.45) is 0. The molecule has 1 rings (SSSR count). The molecule has 0 bridgehead atoms. The third-order valence-electron chi connectivity index (χ3n) is 3.07. The Morgan fingerprint density at radius 2 is 2.05 bits per heavy atom. The number of rotatable bonds is 8. The molecule has 0 aliphatic heterocycles. The molecule has 0 fully saturated rings. The Labute approximate surface area is 118 Å². The van der Waals surface area contributed by atoms with Crippen molar-refractivity contribution >= 4 is 23.1 Å². The molecule has 1 aromatic carbocycles. The molecule has 0 heterocycles. The number of nitrogens with zero attached hydrogens (tertiary/aromatic N) is 2. The molecule has 6 heteroatoms. The molecule has 0 amide bonds. The van der Waals surface area contributed by atoms with Gasteiger partial charge in [-0.05, 0) is 18.7 Å². The van der Waals surface area contributed by atoms with Crippen molar-refractivity contribution in [1.82, 2.24) is 4.90 Å². The fourth-order valence-electron chi connectivity index (χ4n) is 1.80. The summed E-state index contributed by atoms with van der Waals surface area (Å²) in [4.78, 5) is 12.7. The van der Waals surface area contributed by atoms with E-state index in [1.807, 2.05) is 6.07 Å². The third-order valence-corrected chi connectivity index (χ3v) is 4.06. The average molecular weight is 283 g/mol. The van der Waals surface area contributed by atoms with Crippen LogP contribution in [0.25, 0.3) is 0 Å². The Morgan fingerprint density at radius 3 is 2.63 bits per heavy atom. The molecule has 106 valence electrons. The van der Waals surface area contributed by atoms with Crippen molar-refractivity contribution in [3.8, 4) is 0 Å². The van der Waals surface area contributed by atoms with E-state index in [0.717, 1.165) is 36.7 Å². The van der Waals surface area contributed by atoms with Gasteiger partial charge in [-0.25, -0.2) is 0 Å². The summed E-state index contributed by atoms with van der Waals surface area (Å²) in [6, 6.07) is 4.99. The molecule has 0 radical (unpaired) electrons. The van der Waals surface area contributed by atoms with Gasteiger partial charge in [0.2, 0.25) is 0 Å². The Morgan fingerprint density at radius 1 is 1.37 bits per heavy atom. The van der Waals surface area contributed by atoms with E-state index in [9.17, 15) is 10.1 Å². The summed E-state index contributed by atoms with van der Waals surface area (Å²) in [5, 5.41) is 10.8. The second-order valence-electron chi connectivity index (χ2n) is 4.19. The minimum Gasteiger partial charge on any atom is -0.393 e. The molecule has 5 nitrogen and oxygen atoms in total. The van der Waals surface area contributed by atoms with Gasteiger partial charge in [0.1, 0.15) is 5.69 Å². The third kappa shape index (κ3) is 4.72. The van der Waals surface area contributed by atoms with Crippen LogP contribution in [-0.2, 0) is 5.75 Å². The molecule has 0 saturated carbocycles. The van der Waals surface area contributed by atoms with E-state index < -0.39 is 4.92 Å². The molecule has 0 unspecified atom stereocenters. The number of hydrogen-bond donors (Lipinski definition) is 1. The number of anilines is 1. The van der Waals surface area contributed by atoms with Gasteiger partial charge in [0.25, 0.3) is 5.69 Å². The van der Waals surface area contributed by atoms with Gasteiger partial charge < -0.3 is 10.6 Å². The first-order valence-corrected chi connectivity index (χ1v) is 7.57. The van der Waals surface area contributed by atoms with Crippen molar-refractivity contribution in [1.29, 1.82) is 0 Å². The number of para-hydroxylation sites is 1. The smallest absolute Gasteiger partial charge is 0.292 e. The molecule has 1 aromatic rings. The maximum atomic E-state index is 10.8. The first kappa shape index (κ1) is 15.8. The summed E-state index contributed by atoms with van der Waals surface area (Å²) in [7, 11) is 0. The number of nitro groups is 1. The van der Waals surface area contributed by atoms with Gasteiger partial charge in [-0.3, -0.25) is 10.1 Å². The molecule has 19 heavy (non-hydrogen) atoms. The largest absolute Gasteiger partial charge is 0.393 e. The summed E-state index contributed by atoms with van der Waals surface area (Å²) < 4.78 is 0. The minimum absolute atomic E-state index is 0.00171. The Kier molecular flexibility index (Phi) is 6.66. The highest BCUT2D eigenvalue weighted by Crippen LogP contribution is 2.27. The van der Waals surface area contributed by atoms with E-state index in [0.29, 0.717) is 5.69 Å². The van der Waals surface area contributed by atoms with Crippen LogP contribution in [0, 0.1) is 10.1 Å². The van der Waals surface area contributed by atoms with Crippen LogP contribution < -0.4 is 5.73 Å². The predicted octanol–water partition coefficient (Wildman–Crippen LogP) is 2.75. The lowest BCUT2D eigenvalue weighted by Gasteiger charge is -2.17. The van der Waals surface area contributed by atoms with Crippen LogP contribution >= 0.6 is 11.8 Å². The van der Waals surface area contributed by atoms with Crippen molar-refractivity contribution in [3.63, 3.8) is 0 Å². The van der Waals surface area contributed by atoms with Gasteiger partial charge in [-0.15, -0.1) is 0 Å². The number of benzene rings is 1. The van der Waals surface area contributed by atoms with Crippen molar-refractivity contribution in [3.05, 3.63) is 33.9 Å². The van der Waals surface area contributed by atoms with Gasteiger partial charge in [-0.1, -0.05) is 26.0 Å². The van der Waals surface area contributed by atoms with Crippen molar-refractivity contribution in [2.75, 3.05) is 31.1 Å². The number of nitro benzene ring substituents is 1. The predicted molar refractivity (Wildman–Crippen MR) is 81.5 cm³/mol. The van der Waals surface area contributed by atoms with Crippen LogP contribution in [-0.4, -0.2) is 35.2 Å². The normalized spacial score (nSPS) is 10.9. The molecule has 0 saturated heterocycles. The van der Waals surface area contributed by atoms with Gasteiger partial charge in [-0.2, -0.15) is 11.8 Å². The van der Waals surface area contributed by atoms with E-state index in [1.54, 1.807) is 17.8 Å². The van der Waals surface area contributed by atoms with E-state index >= 15 is 0 Å². The average Bonchev–Trinajstić information content (AvgIpc) is 2.40. The van der Waals surface area contributed by atoms with Crippen molar-refractivity contribution in [2.45, 2.75) is 19.6 Å². The lowest BCUT2D eigenvalue weighted by molar-refractivity contribution is -0.383. The zero-order chi connectivity index (χ0) is 14.3. The summed E-state index contributed by atoms with van der Waals surface area (Å²) >= 11 is 1.76. The van der Waals surface area contributed by atoms with E-state index in [-0.39, 0.29) is 5.69 Å². The Hall–Kier alpha value is -1.27. The minimum atomic E-state index is -0.431. The van der Waals surface area contributed by atoms with Gasteiger partial charge in [0.05, 0.1) is 4.92 Å². The van der Waals surface area contributed by atoms with Crippen LogP contribution in [0.2, 0.25) is 0 Å². The lowest BCUT2D eigenvalue weighted by Crippen LogP contribution is -2.25. The van der Waals surface area contributed by atoms with E-state index in [2.05, 4.69) is 18.7 Å². The molecular formula is C13H21N3O2S. The van der Waals surface area contributed by atoms with Crippen molar-refractivity contribution < 1.29 is 4.92 Å². The zero-order valence-electron chi connectivity index (χ0n) is 11.5. The summed E-state index contributed by atoms with van der Waals surface area (Å²) in [5.41, 5.74) is 6.96. The first-order valence-electron chi connectivity index (χ1n) is 6.42. The van der Waals surface area contributed by atoms with Gasteiger partial charge in [0.15, 0.2) is 0 Å². The number of nitrogen functional groups attached to an aromatic ring is 1. The molecule has 0 aliphatic rings. The quantitative estimate of drug-likeness (QED) is 0.344. The molecular weight excluding hydrogens is 262 g/mol. The molecule has 0 aliphatic carbocycles. The molecule has 0 aromatic heterocycles. The number of nitrogens with two attached hydrogens (primary N) is 1. The number of thioether (sulfide) groups is 1. The van der Waals surface area contributed by atoms with E-state index in [1.165, 1.54) is 6.07 Å². The first-order chi connectivity index (χ1) is 9.10. The fraction of sp³-hybridized carbons (Fsp3) is 0.538. The highest BCUT2D eigenvalue weighted by Gasteiger charge is 2.13. The van der Waals surface area contributed by atoms with Gasteiger partial charge in [0, 0.05) is 24.1 Å². The SMILES string of the molecule is CCN(CC)CCSCc1cccc([N+](=O)[O-])c1N. The maximum absolute atomic E-state index is 10.8. The van der Waals surface area contributed by atoms with Gasteiger partial charge >= 0.3 is 0 Å². The highest BCUT2D eigenvalue weighted by atomic mass is 32.2. The molecule has 2 N–H and O–H groups in total. The Bertz CT molecular complexity index is 422. The molecule has 0 atom stereocenters. The second kappa shape index (κ2) is 8.01. The Balaban J connectivity index is 2.50. The standard InChI is InChI=1S/C13H21N3O2S/c1-3-15(4-2)8-9-19-10-11-6-5-7-12(13(11)14)16(17)18/h5-7H,3-4,8-10,14H2,1-2H3. The monoisotopic (exact) mass is 283 g/mol. The van der Waals surface area contributed by atoms with Crippen molar-refractivity contribution in [2.24, 2.45) is 0 Å². The van der Waals surface area contributed by atoms with Crippen LogP contribution in [0.15, 0.2) is 18.2 Å². The fourth-order valence-corrected chi connectivity index (χ4v) is 2.80.